The summed E-state index contributed by atoms with van der Waals surface area (Å²) in [6, 6.07) is 9.52. The molecular weight excluding hydrogens is 379 g/mol. The Hall–Kier alpha value is -3.16. The van der Waals surface area contributed by atoms with Crippen LogP contribution in [0.1, 0.15) is 31.4 Å². The number of nitrogens with one attached hydrogen (secondary N) is 2. The molecule has 0 aliphatic carbocycles. The molecule has 0 bridgehead atoms. The number of alkyl halides is 3. The van der Waals surface area contributed by atoms with Crippen LogP contribution >= 0.6 is 0 Å². The van der Waals surface area contributed by atoms with Gasteiger partial charge in [0.1, 0.15) is 5.82 Å². The number of nitrogens with zero attached hydrogens (tertiary/aromatic N) is 3. The van der Waals surface area contributed by atoms with E-state index in [0.717, 1.165) is 18.1 Å². The second-order valence-electron chi connectivity index (χ2n) is 6.75. The minimum atomic E-state index is -4.42. The number of hydrogen-bond donors (Lipinski definition) is 2. The zero-order chi connectivity index (χ0) is 21.0. The van der Waals surface area contributed by atoms with Crippen LogP contribution in [0.4, 0.5) is 30.6 Å². The van der Waals surface area contributed by atoms with Gasteiger partial charge in [0.05, 0.1) is 11.3 Å². The molecule has 0 saturated carbocycles. The quantitative estimate of drug-likeness (QED) is 0.545. The van der Waals surface area contributed by atoms with E-state index in [1.165, 1.54) is 13.0 Å². The molecule has 0 radical (unpaired) electrons. The summed E-state index contributed by atoms with van der Waals surface area (Å²) in [5, 5.41) is 6.24. The first-order valence-electron chi connectivity index (χ1n) is 9.27. The van der Waals surface area contributed by atoms with Crippen LogP contribution in [0.15, 0.2) is 48.8 Å². The largest absolute Gasteiger partial charge is 0.416 e. The average molecular weight is 401 g/mol. The second-order valence-corrected chi connectivity index (χ2v) is 6.75. The van der Waals surface area contributed by atoms with Gasteiger partial charge in [-0.15, -0.1) is 0 Å². The van der Waals surface area contributed by atoms with Crippen LogP contribution in [0, 0.1) is 6.92 Å². The highest BCUT2D eigenvalue weighted by molar-refractivity contribution is 5.69. The lowest BCUT2D eigenvalue weighted by Crippen LogP contribution is -2.16. The summed E-state index contributed by atoms with van der Waals surface area (Å²) in [6.45, 7) is 5.48. The maximum Gasteiger partial charge on any atom is 0.416 e. The minimum Gasteiger partial charge on any atom is -0.352 e. The van der Waals surface area contributed by atoms with E-state index in [1.54, 1.807) is 24.5 Å². The molecular formula is C21H22F3N5. The van der Waals surface area contributed by atoms with Gasteiger partial charge in [-0.1, -0.05) is 13.0 Å². The molecule has 152 valence electrons. The van der Waals surface area contributed by atoms with Crippen molar-refractivity contribution >= 4 is 17.5 Å². The van der Waals surface area contributed by atoms with Crippen molar-refractivity contribution in [2.75, 3.05) is 10.6 Å². The summed E-state index contributed by atoms with van der Waals surface area (Å²) in [7, 11) is 0. The maximum absolute atomic E-state index is 13.2. The van der Waals surface area contributed by atoms with Gasteiger partial charge in [-0.2, -0.15) is 18.2 Å². The molecule has 3 aromatic rings. The van der Waals surface area contributed by atoms with E-state index in [0.29, 0.717) is 23.1 Å². The molecule has 0 amide bonds. The number of halogens is 3. The lowest BCUT2D eigenvalue weighted by atomic mass is 10.1. The summed E-state index contributed by atoms with van der Waals surface area (Å²) in [4.78, 5) is 13.0. The number of anilines is 3. The van der Waals surface area contributed by atoms with Crippen LogP contribution in [0.3, 0.4) is 0 Å². The number of pyridine rings is 1. The Morgan fingerprint density at radius 2 is 1.79 bits per heavy atom. The molecule has 0 fully saturated rings. The Bertz CT molecular complexity index is 974. The first kappa shape index (κ1) is 20.6. The molecule has 0 spiro atoms. The predicted molar refractivity (Wildman–Crippen MR) is 108 cm³/mol. The predicted octanol–water partition coefficient (Wildman–Crippen LogP) is 5.82. The van der Waals surface area contributed by atoms with E-state index in [2.05, 4.69) is 25.6 Å². The molecule has 0 saturated heterocycles. The Morgan fingerprint density at radius 3 is 2.45 bits per heavy atom. The molecule has 0 aliphatic heterocycles. The second kappa shape index (κ2) is 8.46. The van der Waals surface area contributed by atoms with Crippen LogP contribution in [-0.4, -0.2) is 21.0 Å². The smallest absolute Gasteiger partial charge is 0.352 e. The van der Waals surface area contributed by atoms with Crippen molar-refractivity contribution in [3.05, 3.63) is 59.9 Å². The third-order valence-corrected chi connectivity index (χ3v) is 4.59. The van der Waals surface area contributed by atoms with Crippen molar-refractivity contribution in [3.8, 4) is 11.3 Å². The van der Waals surface area contributed by atoms with Crippen LogP contribution in [0.5, 0.6) is 0 Å². The molecule has 8 heteroatoms. The van der Waals surface area contributed by atoms with Crippen molar-refractivity contribution < 1.29 is 13.2 Å². The van der Waals surface area contributed by atoms with Gasteiger partial charge in [0.25, 0.3) is 0 Å². The molecule has 0 aliphatic rings. The minimum absolute atomic E-state index is 0.112. The summed E-state index contributed by atoms with van der Waals surface area (Å²) >= 11 is 0. The van der Waals surface area contributed by atoms with E-state index in [4.69, 9.17) is 0 Å². The van der Waals surface area contributed by atoms with Gasteiger partial charge < -0.3 is 10.6 Å². The topological polar surface area (TPSA) is 62.7 Å². The van der Waals surface area contributed by atoms with Crippen LogP contribution in [0.2, 0.25) is 0 Å². The van der Waals surface area contributed by atoms with Gasteiger partial charge in [0.15, 0.2) is 0 Å². The Morgan fingerprint density at radius 1 is 1.07 bits per heavy atom. The van der Waals surface area contributed by atoms with E-state index in [-0.39, 0.29) is 11.6 Å². The molecule has 2 heterocycles. The van der Waals surface area contributed by atoms with E-state index < -0.39 is 11.7 Å². The van der Waals surface area contributed by atoms with Crippen molar-refractivity contribution in [3.63, 3.8) is 0 Å². The zero-order valence-electron chi connectivity index (χ0n) is 16.4. The highest BCUT2D eigenvalue weighted by Crippen LogP contribution is 2.35. The lowest BCUT2D eigenvalue weighted by molar-refractivity contribution is -0.138. The first-order chi connectivity index (χ1) is 13.8. The SMILES string of the molecule is CC[C@@H](C)Nc1nc(Nc2cccc(C(F)(F)F)c2C)cc(-c2ccncc2)n1. The normalized spacial score (nSPS) is 12.5. The summed E-state index contributed by atoms with van der Waals surface area (Å²) in [5.41, 5.74) is 1.25. The molecule has 29 heavy (non-hydrogen) atoms. The molecule has 2 N–H and O–H groups in total. The van der Waals surface area contributed by atoms with E-state index >= 15 is 0 Å². The van der Waals surface area contributed by atoms with E-state index in [9.17, 15) is 13.2 Å². The standard InChI is InChI=1S/C21H22F3N5/c1-4-13(2)26-20-28-18(15-8-10-25-11-9-15)12-19(29-20)27-17-7-5-6-16(14(17)3)21(22,23)24/h5-13H,4H2,1-3H3,(H2,26,27,28,29)/t13-/m1/s1. The number of rotatable bonds is 6. The fourth-order valence-corrected chi connectivity index (χ4v) is 2.78. The third-order valence-electron chi connectivity index (χ3n) is 4.59. The molecule has 1 atom stereocenters. The van der Waals surface area contributed by atoms with Gasteiger partial charge in [0.2, 0.25) is 5.95 Å². The number of aromatic nitrogens is 3. The number of hydrogen-bond acceptors (Lipinski definition) is 5. The molecule has 1 aromatic carbocycles. The van der Waals surface area contributed by atoms with E-state index in [1.807, 2.05) is 26.0 Å². The Labute approximate surface area is 167 Å². The van der Waals surface area contributed by atoms with Crippen LogP contribution < -0.4 is 10.6 Å². The molecule has 0 unspecified atom stereocenters. The highest BCUT2D eigenvalue weighted by atomic mass is 19.4. The van der Waals surface area contributed by atoms with Gasteiger partial charge in [-0.05, 0) is 50.1 Å². The lowest BCUT2D eigenvalue weighted by Gasteiger charge is -2.17. The van der Waals surface area contributed by atoms with Gasteiger partial charge in [0, 0.05) is 35.8 Å². The van der Waals surface area contributed by atoms with Crippen LogP contribution in [0.25, 0.3) is 11.3 Å². The molecule has 2 aromatic heterocycles. The maximum atomic E-state index is 13.2. The van der Waals surface area contributed by atoms with Gasteiger partial charge >= 0.3 is 6.18 Å². The van der Waals surface area contributed by atoms with Crippen LogP contribution in [-0.2, 0) is 6.18 Å². The average Bonchev–Trinajstić information content (AvgIpc) is 2.69. The number of benzene rings is 1. The molecule has 3 rings (SSSR count). The van der Waals surface area contributed by atoms with Crippen molar-refractivity contribution in [1.29, 1.82) is 0 Å². The fraction of sp³-hybridized carbons (Fsp3) is 0.286. The Kier molecular flexibility index (Phi) is 6.00. The third kappa shape index (κ3) is 5.01. The van der Waals surface area contributed by atoms with Crippen molar-refractivity contribution in [2.24, 2.45) is 0 Å². The fourth-order valence-electron chi connectivity index (χ4n) is 2.78. The Balaban J connectivity index is 2.02. The monoisotopic (exact) mass is 401 g/mol. The summed E-state index contributed by atoms with van der Waals surface area (Å²) in [6.07, 6.45) is -0.232. The first-order valence-corrected chi connectivity index (χ1v) is 9.27. The van der Waals surface area contributed by atoms with Crippen molar-refractivity contribution in [2.45, 2.75) is 39.4 Å². The molecule has 5 nitrogen and oxygen atoms in total. The summed E-state index contributed by atoms with van der Waals surface area (Å²) in [5.74, 6) is 0.806. The van der Waals surface area contributed by atoms with Crippen molar-refractivity contribution in [1.82, 2.24) is 15.0 Å². The summed E-state index contributed by atoms with van der Waals surface area (Å²) < 4.78 is 39.7. The zero-order valence-corrected chi connectivity index (χ0v) is 16.4. The highest BCUT2D eigenvalue weighted by Gasteiger charge is 2.32. The van der Waals surface area contributed by atoms with Gasteiger partial charge in [-0.3, -0.25) is 4.98 Å². The van der Waals surface area contributed by atoms with Gasteiger partial charge in [-0.25, -0.2) is 4.98 Å².